The van der Waals surface area contributed by atoms with Crippen molar-refractivity contribution in [3.05, 3.63) is 48.4 Å². The van der Waals surface area contributed by atoms with E-state index in [4.69, 9.17) is 11.0 Å². The summed E-state index contributed by atoms with van der Waals surface area (Å²) < 4.78 is 1.42. The molecule has 0 radical (unpaired) electrons. The van der Waals surface area contributed by atoms with Crippen molar-refractivity contribution in [3.8, 4) is 6.07 Å². The predicted octanol–water partition coefficient (Wildman–Crippen LogP) is 2.99. The molecule has 0 saturated carbocycles. The highest BCUT2D eigenvalue weighted by Gasteiger charge is 2.33. The lowest BCUT2D eigenvalue weighted by Gasteiger charge is -2.42. The zero-order valence-electron chi connectivity index (χ0n) is 23.2. The number of rotatable bonds is 9. The van der Waals surface area contributed by atoms with E-state index in [1.54, 1.807) is 41.4 Å². The van der Waals surface area contributed by atoms with Crippen LogP contribution in [0.25, 0.3) is 11.0 Å². The second-order valence-corrected chi connectivity index (χ2v) is 10.00. The third-order valence-corrected chi connectivity index (χ3v) is 7.33. The average molecular weight is 582 g/mol. The van der Waals surface area contributed by atoms with Crippen molar-refractivity contribution >= 4 is 52.8 Å². The molecular weight excluding hydrogens is 546 g/mol. The van der Waals surface area contributed by atoms with Crippen LogP contribution >= 0.6 is 12.4 Å². The second-order valence-electron chi connectivity index (χ2n) is 10.00. The molecule has 2 atom stereocenters. The maximum Gasteiger partial charge on any atom is 0.331 e. The van der Waals surface area contributed by atoms with Crippen molar-refractivity contribution in [2.45, 2.75) is 38.6 Å². The zero-order valence-corrected chi connectivity index (χ0v) is 24.1. The highest BCUT2D eigenvalue weighted by molar-refractivity contribution is 6.00. The van der Waals surface area contributed by atoms with Crippen LogP contribution in [0.1, 0.15) is 43.0 Å². The average Bonchev–Trinajstić information content (AvgIpc) is 3.40. The molecule has 1 fully saturated rings. The lowest BCUT2D eigenvalue weighted by Crippen LogP contribution is -2.52. The number of carbonyl (C=O) groups excluding carboxylic acids is 3. The van der Waals surface area contributed by atoms with Gasteiger partial charge in [-0.15, -0.1) is 12.4 Å². The summed E-state index contributed by atoms with van der Waals surface area (Å²) in [4.78, 5) is 50.4. The summed E-state index contributed by atoms with van der Waals surface area (Å²) in [7, 11) is 1.93. The maximum absolute atomic E-state index is 13.1. The maximum atomic E-state index is 13.1. The summed E-state index contributed by atoms with van der Waals surface area (Å²) >= 11 is 0. The minimum Gasteiger partial charge on any atom is -0.354 e. The largest absolute Gasteiger partial charge is 0.354 e. The van der Waals surface area contributed by atoms with Gasteiger partial charge in [0.2, 0.25) is 5.91 Å². The molecule has 0 spiro atoms. The van der Waals surface area contributed by atoms with Crippen LogP contribution < -0.4 is 21.3 Å². The summed E-state index contributed by atoms with van der Waals surface area (Å²) in [5.74, 6) is 0.608. The van der Waals surface area contributed by atoms with Crippen LogP contribution in [0, 0.1) is 17.2 Å². The minimum absolute atomic E-state index is 0. The fourth-order valence-electron chi connectivity index (χ4n) is 4.96. The Bertz CT molecular complexity index is 1400. The number of unbranched alkanes of at least 4 members (excludes halogenated alkanes) is 1. The van der Waals surface area contributed by atoms with Gasteiger partial charge >= 0.3 is 6.03 Å². The van der Waals surface area contributed by atoms with Crippen LogP contribution in [0.5, 0.6) is 0 Å². The molecule has 218 valence electrons. The highest BCUT2D eigenvalue weighted by atomic mass is 35.5. The van der Waals surface area contributed by atoms with Gasteiger partial charge in [0.15, 0.2) is 5.65 Å². The Hall–Kier alpha value is -4.21. The first-order valence-electron chi connectivity index (χ1n) is 13.4. The first kappa shape index (κ1) is 31.3. The molecule has 4 rings (SSSR count). The Kier molecular flexibility index (Phi) is 11.0. The van der Waals surface area contributed by atoms with Crippen molar-refractivity contribution in [1.82, 2.24) is 24.8 Å². The van der Waals surface area contributed by atoms with E-state index in [1.165, 1.54) is 10.9 Å². The van der Waals surface area contributed by atoms with Crippen molar-refractivity contribution in [2.24, 2.45) is 11.7 Å². The number of halogens is 1. The lowest BCUT2D eigenvalue weighted by molar-refractivity contribution is -0.131. The monoisotopic (exact) mass is 581 g/mol. The summed E-state index contributed by atoms with van der Waals surface area (Å²) in [5.41, 5.74) is 6.97. The van der Waals surface area contributed by atoms with E-state index in [0.29, 0.717) is 60.2 Å². The Morgan fingerprint density at radius 2 is 1.93 bits per heavy atom. The van der Waals surface area contributed by atoms with Crippen molar-refractivity contribution in [3.63, 3.8) is 0 Å². The third-order valence-electron chi connectivity index (χ3n) is 7.33. The molecule has 0 bridgehead atoms. The molecule has 3 aromatic rings. The fourth-order valence-corrected chi connectivity index (χ4v) is 4.96. The number of nitrogens with two attached hydrogens (primary N) is 1. The summed E-state index contributed by atoms with van der Waals surface area (Å²) in [6, 6.07) is 9.99. The number of piperidine rings is 1. The van der Waals surface area contributed by atoms with E-state index in [2.05, 4.69) is 27.5 Å². The number of likely N-dealkylation sites (N-methyl/N-ethyl adjacent to an activating group) is 1. The van der Waals surface area contributed by atoms with Gasteiger partial charge in [0, 0.05) is 44.1 Å². The lowest BCUT2D eigenvalue weighted by atomic mass is 9.92. The number of hydrogen-bond acceptors (Lipinski definition) is 8. The van der Waals surface area contributed by atoms with E-state index < -0.39 is 6.03 Å². The highest BCUT2D eigenvalue weighted by Crippen LogP contribution is 2.30. The third kappa shape index (κ3) is 7.31. The van der Waals surface area contributed by atoms with E-state index in [-0.39, 0.29) is 36.7 Å². The summed E-state index contributed by atoms with van der Waals surface area (Å²) in [6.07, 6.45) is 5.42. The van der Waals surface area contributed by atoms with Gasteiger partial charge in [-0.2, -0.15) is 5.26 Å². The van der Waals surface area contributed by atoms with E-state index in [9.17, 15) is 14.4 Å². The van der Waals surface area contributed by atoms with Gasteiger partial charge in [-0.1, -0.05) is 6.92 Å². The molecule has 3 amide bonds. The number of benzene rings is 1. The van der Waals surface area contributed by atoms with Crippen LogP contribution in [0.3, 0.4) is 0 Å². The molecule has 1 aliphatic rings. The molecule has 2 aromatic heterocycles. The van der Waals surface area contributed by atoms with Crippen LogP contribution in [0.2, 0.25) is 0 Å². The van der Waals surface area contributed by atoms with Gasteiger partial charge < -0.3 is 26.2 Å². The molecule has 0 aliphatic carbocycles. The Balaban J connectivity index is 0.00000462. The van der Waals surface area contributed by atoms with Gasteiger partial charge in [-0.25, -0.2) is 14.8 Å². The number of nitrogens with one attached hydrogen (secondary N) is 2. The van der Waals surface area contributed by atoms with Gasteiger partial charge in [0.05, 0.1) is 17.5 Å². The molecule has 0 unspecified atom stereocenters. The molecule has 41 heavy (non-hydrogen) atoms. The summed E-state index contributed by atoms with van der Waals surface area (Å²) in [5, 5.41) is 15.3. The smallest absolute Gasteiger partial charge is 0.331 e. The van der Waals surface area contributed by atoms with Crippen LogP contribution in [-0.2, 0) is 4.79 Å². The van der Waals surface area contributed by atoms with Gasteiger partial charge in [-0.3, -0.25) is 14.2 Å². The molecule has 1 aliphatic heterocycles. The number of nitrogens with zero attached hydrogens (tertiary/aromatic N) is 6. The minimum atomic E-state index is -0.402. The molecule has 13 heteroatoms. The zero-order chi connectivity index (χ0) is 28.6. The number of nitriles is 1. The van der Waals surface area contributed by atoms with Gasteiger partial charge in [-0.05, 0) is 62.1 Å². The first-order chi connectivity index (χ1) is 19.3. The van der Waals surface area contributed by atoms with Gasteiger partial charge in [0.25, 0.3) is 5.91 Å². The van der Waals surface area contributed by atoms with Crippen LogP contribution in [0.15, 0.2) is 42.9 Å². The van der Waals surface area contributed by atoms with Crippen molar-refractivity contribution in [2.75, 3.05) is 43.4 Å². The number of amides is 3. The quantitative estimate of drug-likeness (QED) is 0.325. The van der Waals surface area contributed by atoms with E-state index >= 15 is 0 Å². The number of fused-ring (bicyclic) bond motifs is 1. The van der Waals surface area contributed by atoms with E-state index in [1.807, 2.05) is 18.0 Å². The normalized spacial score (nSPS) is 16.4. The Morgan fingerprint density at radius 1 is 1.17 bits per heavy atom. The van der Waals surface area contributed by atoms with Crippen LogP contribution in [-0.4, -0.2) is 76.5 Å². The SMILES string of the molecule is C[C@@H]1CCN(C(=O)CC#N)C[C@@H]1N(C)c1ncnc2c1ccn2C(=O)Nc1ccc(C(=O)NCCCCN)cc1.Cl. The number of anilines is 2. The van der Waals surface area contributed by atoms with Crippen LogP contribution in [0.4, 0.5) is 16.3 Å². The molecule has 1 saturated heterocycles. The number of aromatic nitrogens is 3. The summed E-state index contributed by atoms with van der Waals surface area (Å²) in [6.45, 7) is 4.41. The first-order valence-corrected chi connectivity index (χ1v) is 13.4. The Morgan fingerprint density at radius 3 is 2.63 bits per heavy atom. The number of likely N-dealkylation sites (tertiary alicyclic amines) is 1. The standard InChI is InChI=1S/C28H35N9O3.ClH/c1-19-10-15-36(24(38)9-13-30)17-23(19)35(2)25-22-11-16-37(26(22)33-18-32-25)28(40)34-21-7-5-20(6-8-21)27(39)31-14-4-3-12-29;/h5-8,11,16,18-19,23H,3-4,9-10,12,14-15,17,29H2,1-2H3,(H,31,39)(H,34,40);1H/t19-,23+;/m1./s1. The fraction of sp³-hybridized carbons (Fsp3) is 0.429. The Labute approximate surface area is 245 Å². The topological polar surface area (TPSA) is 162 Å². The molecule has 4 N–H and O–H groups in total. The molecule has 3 heterocycles. The van der Waals surface area contributed by atoms with E-state index in [0.717, 1.165) is 19.3 Å². The molecule has 1 aromatic carbocycles. The van der Waals surface area contributed by atoms with Gasteiger partial charge in [0.1, 0.15) is 18.6 Å². The molecular formula is C28H36ClN9O3. The van der Waals surface area contributed by atoms with Crippen molar-refractivity contribution in [1.29, 1.82) is 5.26 Å². The second kappa shape index (κ2) is 14.4. The van der Waals surface area contributed by atoms with Crippen molar-refractivity contribution < 1.29 is 14.4 Å². The number of hydrogen-bond donors (Lipinski definition) is 3. The predicted molar refractivity (Wildman–Crippen MR) is 159 cm³/mol. The number of carbonyl (C=O) groups is 3. The molecule has 12 nitrogen and oxygen atoms in total.